The Morgan fingerprint density at radius 3 is 2.07 bits per heavy atom. The minimum Gasteiger partial charge on any atom is -0.398 e. The molecule has 1 aromatic carbocycles. The Hall–Kier alpha value is -0.900. The van der Waals surface area contributed by atoms with Crippen LogP contribution >= 0.6 is 11.6 Å². The number of rotatable bonds is 0. The molecule has 2 N–H and O–H groups in total. The van der Waals surface area contributed by atoms with E-state index in [2.05, 4.69) is 0 Å². The maximum Gasteiger partial charge on any atom is 0.416 e. The second kappa shape index (κ2) is 5.10. The molecule has 14 heavy (non-hydrogen) atoms. The minimum atomic E-state index is -4.36. The van der Waals surface area contributed by atoms with E-state index in [-0.39, 0.29) is 10.7 Å². The molecular weight excluding hydrogens is 215 g/mol. The van der Waals surface area contributed by atoms with E-state index >= 15 is 0 Å². The lowest BCUT2D eigenvalue weighted by molar-refractivity contribution is -0.137. The average Bonchev–Trinajstić information content (AvgIpc) is 2.11. The Morgan fingerprint density at radius 2 is 1.71 bits per heavy atom. The summed E-state index contributed by atoms with van der Waals surface area (Å²) in [5.74, 6) is 0. The summed E-state index contributed by atoms with van der Waals surface area (Å²) in [6.45, 7) is 4.00. The molecule has 80 valence electrons. The van der Waals surface area contributed by atoms with Crippen LogP contribution in [0.3, 0.4) is 0 Å². The van der Waals surface area contributed by atoms with Crippen molar-refractivity contribution in [3.05, 3.63) is 28.8 Å². The van der Waals surface area contributed by atoms with Crippen LogP contribution in [-0.2, 0) is 6.18 Å². The molecule has 0 saturated carbocycles. The smallest absolute Gasteiger partial charge is 0.398 e. The third kappa shape index (κ3) is 3.46. The van der Waals surface area contributed by atoms with Crippen LogP contribution in [0.1, 0.15) is 19.4 Å². The van der Waals surface area contributed by atoms with Gasteiger partial charge in [-0.3, -0.25) is 0 Å². The highest BCUT2D eigenvalue weighted by Crippen LogP contribution is 2.32. The van der Waals surface area contributed by atoms with Crippen molar-refractivity contribution in [1.82, 2.24) is 0 Å². The molecule has 0 fully saturated rings. The number of anilines is 1. The summed E-state index contributed by atoms with van der Waals surface area (Å²) in [5, 5.41) is 0.128. The lowest BCUT2D eigenvalue weighted by atomic mass is 10.2. The van der Waals surface area contributed by atoms with Crippen LogP contribution in [0, 0.1) is 0 Å². The number of alkyl halides is 3. The van der Waals surface area contributed by atoms with E-state index in [1.807, 2.05) is 13.8 Å². The molecule has 5 heteroatoms. The van der Waals surface area contributed by atoms with Crippen molar-refractivity contribution in [1.29, 1.82) is 0 Å². The van der Waals surface area contributed by atoms with Crippen molar-refractivity contribution in [2.75, 3.05) is 5.73 Å². The van der Waals surface area contributed by atoms with Gasteiger partial charge < -0.3 is 5.73 Å². The van der Waals surface area contributed by atoms with Crippen LogP contribution < -0.4 is 5.73 Å². The van der Waals surface area contributed by atoms with Crippen LogP contribution in [0.2, 0.25) is 5.02 Å². The SMILES string of the molecule is CC.Nc1cc(C(F)(F)F)ccc1Cl. The van der Waals surface area contributed by atoms with Crippen LogP contribution in [0.25, 0.3) is 0 Å². The van der Waals surface area contributed by atoms with Crippen LogP contribution in [0.15, 0.2) is 18.2 Å². The zero-order valence-electron chi connectivity index (χ0n) is 7.82. The summed E-state index contributed by atoms with van der Waals surface area (Å²) < 4.78 is 36.0. The van der Waals surface area contributed by atoms with E-state index in [0.29, 0.717) is 0 Å². The van der Waals surface area contributed by atoms with Gasteiger partial charge in [0.1, 0.15) is 0 Å². The number of nitrogens with two attached hydrogens (primary N) is 1. The highest BCUT2D eigenvalue weighted by atomic mass is 35.5. The van der Waals surface area contributed by atoms with Gasteiger partial charge >= 0.3 is 6.18 Å². The Labute approximate surface area is 85.7 Å². The standard InChI is InChI=1S/C7H5ClF3N.C2H6/c8-5-2-1-4(3-6(5)12)7(9,10)11;1-2/h1-3H,12H2;1-2H3. The fourth-order valence-electron chi connectivity index (χ4n) is 0.720. The molecule has 1 nitrogen and oxygen atoms in total. The molecule has 0 aliphatic rings. The molecule has 0 heterocycles. The lowest BCUT2D eigenvalue weighted by Gasteiger charge is -2.07. The first-order valence-corrected chi connectivity index (χ1v) is 4.41. The first-order chi connectivity index (χ1) is 6.41. The van der Waals surface area contributed by atoms with E-state index in [1.54, 1.807) is 0 Å². The molecule has 0 aliphatic heterocycles. The highest BCUT2D eigenvalue weighted by Gasteiger charge is 2.30. The monoisotopic (exact) mass is 225 g/mol. The molecule has 0 radical (unpaired) electrons. The number of benzene rings is 1. The van der Waals surface area contributed by atoms with Gasteiger partial charge in [-0.2, -0.15) is 13.2 Å². The molecule has 0 aromatic heterocycles. The van der Waals surface area contributed by atoms with Crippen molar-refractivity contribution in [3.8, 4) is 0 Å². The molecule has 1 aromatic rings. The van der Waals surface area contributed by atoms with Crippen molar-refractivity contribution in [2.24, 2.45) is 0 Å². The summed E-state index contributed by atoms with van der Waals surface area (Å²) in [7, 11) is 0. The molecular formula is C9H11ClF3N. The first-order valence-electron chi connectivity index (χ1n) is 4.03. The Morgan fingerprint density at radius 1 is 1.21 bits per heavy atom. The van der Waals surface area contributed by atoms with Crippen molar-refractivity contribution in [3.63, 3.8) is 0 Å². The van der Waals surface area contributed by atoms with E-state index in [1.165, 1.54) is 0 Å². The Balaban J connectivity index is 0.000000791. The fraction of sp³-hybridized carbons (Fsp3) is 0.333. The molecule has 0 saturated heterocycles. The van der Waals surface area contributed by atoms with Crippen LogP contribution in [0.4, 0.5) is 18.9 Å². The zero-order chi connectivity index (χ0) is 11.4. The molecule has 0 bridgehead atoms. The number of nitrogen functional groups attached to an aromatic ring is 1. The zero-order valence-corrected chi connectivity index (χ0v) is 8.58. The topological polar surface area (TPSA) is 26.0 Å². The maximum atomic E-state index is 12.0. The summed E-state index contributed by atoms with van der Waals surface area (Å²) in [6.07, 6.45) is -4.36. The highest BCUT2D eigenvalue weighted by molar-refractivity contribution is 6.33. The molecule has 0 aliphatic carbocycles. The van der Waals surface area contributed by atoms with Gasteiger partial charge in [-0.1, -0.05) is 25.4 Å². The largest absolute Gasteiger partial charge is 0.416 e. The van der Waals surface area contributed by atoms with Gasteiger partial charge in [0.2, 0.25) is 0 Å². The van der Waals surface area contributed by atoms with Gasteiger partial charge in [-0.15, -0.1) is 0 Å². The third-order valence-electron chi connectivity index (χ3n) is 1.32. The predicted molar refractivity (Wildman–Crippen MR) is 52.2 cm³/mol. The average molecular weight is 226 g/mol. The van der Waals surface area contributed by atoms with E-state index in [4.69, 9.17) is 17.3 Å². The van der Waals surface area contributed by atoms with Gasteiger partial charge in [0, 0.05) is 0 Å². The Kier molecular flexibility index (Phi) is 4.77. The number of hydrogen-bond donors (Lipinski definition) is 1. The van der Waals surface area contributed by atoms with Gasteiger partial charge in [-0.25, -0.2) is 0 Å². The second-order valence-corrected chi connectivity index (χ2v) is 2.64. The Bertz CT molecular complexity index is 297. The molecule has 1 rings (SSSR count). The van der Waals surface area contributed by atoms with Gasteiger partial charge in [-0.05, 0) is 18.2 Å². The summed E-state index contributed by atoms with van der Waals surface area (Å²) in [5.41, 5.74) is 4.33. The van der Waals surface area contributed by atoms with Gasteiger partial charge in [0.15, 0.2) is 0 Å². The fourth-order valence-corrected chi connectivity index (χ4v) is 0.838. The summed E-state index contributed by atoms with van der Waals surface area (Å²) in [4.78, 5) is 0. The normalized spacial score (nSPS) is 10.4. The van der Waals surface area contributed by atoms with Gasteiger partial charge in [0.25, 0.3) is 0 Å². The molecule has 0 unspecified atom stereocenters. The molecule has 0 amide bonds. The quantitative estimate of drug-likeness (QED) is 0.665. The number of hydrogen-bond acceptors (Lipinski definition) is 1. The van der Waals surface area contributed by atoms with E-state index < -0.39 is 11.7 Å². The summed E-state index contributed by atoms with van der Waals surface area (Å²) in [6, 6.07) is 2.82. The van der Waals surface area contributed by atoms with Crippen molar-refractivity contribution >= 4 is 17.3 Å². The second-order valence-electron chi connectivity index (χ2n) is 2.23. The molecule has 0 atom stereocenters. The lowest BCUT2D eigenvalue weighted by Crippen LogP contribution is -2.05. The van der Waals surface area contributed by atoms with E-state index in [9.17, 15) is 13.2 Å². The van der Waals surface area contributed by atoms with E-state index in [0.717, 1.165) is 18.2 Å². The van der Waals surface area contributed by atoms with Crippen molar-refractivity contribution < 1.29 is 13.2 Å². The number of halogens is 4. The first kappa shape index (κ1) is 13.1. The minimum absolute atomic E-state index is 0.0634. The van der Waals surface area contributed by atoms with Crippen LogP contribution in [-0.4, -0.2) is 0 Å². The summed E-state index contributed by atoms with van der Waals surface area (Å²) >= 11 is 5.44. The molecule has 0 spiro atoms. The van der Waals surface area contributed by atoms with Gasteiger partial charge in [0.05, 0.1) is 16.3 Å². The third-order valence-corrected chi connectivity index (χ3v) is 1.67. The maximum absolute atomic E-state index is 12.0. The van der Waals surface area contributed by atoms with Crippen molar-refractivity contribution in [2.45, 2.75) is 20.0 Å². The van der Waals surface area contributed by atoms with Crippen LogP contribution in [0.5, 0.6) is 0 Å². The predicted octanol–water partition coefficient (Wildman–Crippen LogP) is 3.97.